The Bertz CT molecular complexity index is 8670. The molecule has 141 heavy (non-hydrogen) atoms. The minimum absolute atomic E-state index is 0.105. The molecular weight excluding hydrogens is 1710 g/mol. The molecule has 0 aliphatic heterocycles. The number of rotatable bonds is 19. The molecule has 0 saturated carbocycles. The van der Waals surface area contributed by atoms with Gasteiger partial charge < -0.3 is 14.7 Å². The van der Waals surface area contributed by atoms with Crippen molar-refractivity contribution in [2.24, 2.45) is 0 Å². The van der Waals surface area contributed by atoms with Crippen LogP contribution in [0.25, 0.3) is 165 Å². The smallest absolute Gasteiger partial charge is 0.123 e. The third-order valence-electron chi connectivity index (χ3n) is 26.8. The Kier molecular flexibility index (Phi) is 23.4. The van der Waals surface area contributed by atoms with Crippen LogP contribution in [-0.2, 0) is 0 Å². The normalized spacial score (nSPS) is 11.6. The number of para-hydroxylation sites is 2. The number of aryl methyl sites for hydroxylation is 3. The van der Waals surface area contributed by atoms with E-state index in [0.717, 1.165) is 89.4 Å². The maximum absolute atomic E-state index is 14.1. The Morgan fingerprint density at radius 1 is 0.177 bits per heavy atom. The van der Waals surface area contributed by atoms with Crippen molar-refractivity contribution in [1.29, 1.82) is 0 Å². The van der Waals surface area contributed by atoms with Crippen LogP contribution in [0.15, 0.2) is 552 Å². The van der Waals surface area contributed by atoms with Gasteiger partial charge in [-0.15, -0.1) is 0 Å². The first-order valence-electron chi connectivity index (χ1n) is 50.4. The van der Waals surface area contributed by atoms with E-state index in [9.17, 15) is 4.39 Å². The highest BCUT2D eigenvalue weighted by Crippen LogP contribution is 2.46. The predicted molar refractivity (Wildman–Crippen MR) is 599 cm³/mol. The average Bonchev–Trinajstić information content (AvgIpc) is 0.755. The van der Waals surface area contributed by atoms with Gasteiger partial charge in [0.15, 0.2) is 0 Å². The van der Waals surface area contributed by atoms with Gasteiger partial charge in [-0.1, -0.05) is 394 Å². The first-order valence-corrected chi connectivity index (χ1v) is 47.9. The van der Waals surface area contributed by atoms with Crippen molar-refractivity contribution in [3.8, 4) is 111 Å². The lowest BCUT2D eigenvalue weighted by Gasteiger charge is -2.27. The summed E-state index contributed by atoms with van der Waals surface area (Å²) < 4.78 is 56.8. The maximum Gasteiger partial charge on any atom is 0.123 e. The van der Waals surface area contributed by atoms with Gasteiger partial charge in [0, 0.05) is 50.9 Å². The summed E-state index contributed by atoms with van der Waals surface area (Å²) >= 11 is 0. The Morgan fingerprint density at radius 2 is 0.418 bits per heavy atom. The second-order valence-corrected chi connectivity index (χ2v) is 35.9. The molecule has 0 fully saturated rings. The molecule has 0 amide bonds. The quantitative estimate of drug-likeness (QED) is 0.0799. The van der Waals surface area contributed by atoms with Crippen molar-refractivity contribution in [2.75, 3.05) is 14.7 Å². The second-order valence-electron chi connectivity index (χ2n) is 35.9. The van der Waals surface area contributed by atoms with E-state index in [1.165, 1.54) is 139 Å². The summed E-state index contributed by atoms with van der Waals surface area (Å²) in [7, 11) is 0. The van der Waals surface area contributed by atoms with Gasteiger partial charge >= 0.3 is 0 Å². The number of nitrogens with zero attached hydrogens (tertiary/aromatic N) is 3. The van der Waals surface area contributed by atoms with Gasteiger partial charge in [0.1, 0.15) is 5.82 Å². The van der Waals surface area contributed by atoms with Gasteiger partial charge in [-0.25, -0.2) is 4.39 Å². The van der Waals surface area contributed by atoms with Gasteiger partial charge in [0.25, 0.3) is 0 Å². The molecule has 0 N–H and O–H groups in total. The summed E-state index contributed by atoms with van der Waals surface area (Å²) in [5.41, 5.74) is 34.8. The molecule has 24 aromatic carbocycles. The largest absolute Gasteiger partial charge is 0.311 e. The molecule has 0 aliphatic carbocycles. The minimum Gasteiger partial charge on any atom is -0.311 e. The van der Waals surface area contributed by atoms with Crippen LogP contribution in [-0.4, -0.2) is 0 Å². The molecule has 0 atom stereocenters. The fourth-order valence-corrected chi connectivity index (χ4v) is 19.7. The van der Waals surface area contributed by atoms with E-state index in [1.807, 2.05) is 91.0 Å². The topological polar surface area (TPSA) is 9.72 Å². The van der Waals surface area contributed by atoms with Crippen molar-refractivity contribution in [2.45, 2.75) is 20.8 Å². The summed E-state index contributed by atoms with van der Waals surface area (Å²) in [6.07, 6.45) is 0. The first kappa shape index (κ1) is 82.4. The third kappa shape index (κ3) is 19.2. The van der Waals surface area contributed by atoms with Crippen molar-refractivity contribution in [3.05, 3.63) is 574 Å². The zero-order valence-corrected chi connectivity index (χ0v) is 78.4. The van der Waals surface area contributed by atoms with Crippen LogP contribution >= 0.6 is 0 Å². The van der Waals surface area contributed by atoms with Crippen LogP contribution in [0, 0.1) is 26.6 Å². The molecular formula is C137H100FN3. The summed E-state index contributed by atoms with van der Waals surface area (Å²) in [6, 6.07) is 181. The number of hydrogen-bond donors (Lipinski definition) is 0. The van der Waals surface area contributed by atoms with Crippen molar-refractivity contribution in [1.82, 2.24) is 0 Å². The number of benzene rings is 24. The number of hydrogen-bond acceptors (Lipinski definition) is 3. The summed E-state index contributed by atoms with van der Waals surface area (Å²) in [5.74, 6) is -0.257. The molecule has 0 radical (unpaired) electrons. The number of anilines is 9. The fourth-order valence-electron chi connectivity index (χ4n) is 19.7. The van der Waals surface area contributed by atoms with Crippen LogP contribution in [0.2, 0.25) is 0 Å². The molecule has 0 saturated heterocycles. The van der Waals surface area contributed by atoms with Crippen LogP contribution in [0.3, 0.4) is 0 Å². The van der Waals surface area contributed by atoms with E-state index in [2.05, 4.69) is 449 Å². The first-order chi connectivity index (χ1) is 71.6. The molecule has 24 aromatic rings. The van der Waals surface area contributed by atoms with E-state index in [4.69, 9.17) is 6.85 Å². The molecule has 3 nitrogen and oxygen atoms in total. The van der Waals surface area contributed by atoms with Crippen molar-refractivity contribution >= 4 is 105 Å². The minimum atomic E-state index is -0.415. The average molecular weight is 1810 g/mol. The number of fused-ring (bicyclic) bond motifs is 5. The standard InChI is InChI=1S/C50H34FN.C44H31N.C43H35N/c51-47-23-29-50(30-24-47)52(48-25-19-37(20-26-48)43-17-13-39-11-15-41(31-45(39)33-43)35-7-3-1-4-8-35)49-27-21-38(22-28-49)44-18-14-40-12-16-42(32-46(40)34-44)36-9-5-2-6-10-36;1-4-12-32(13-5-1)36-22-20-34-21-23-37(31-38(34)30-36)33-24-26-40(27-25-33)45(39-16-8-3-9-17-39)44-29-28-41(35-14-6-2-7-15-35)42-18-10-11-19-43(42)44;1-30-26-31(2)43(32(3)27-30)36-20-24-42(25-21-36)44(40-12-8-5-9-13-40)41-22-18-34(19-23-41)38-17-15-35-14-16-37(28-39(35)29-38)33-10-6-4-7-11-33/h1-34H;1-31H;4-29H,1-3H3/i;;5D,8D,9D,12D,13D. The van der Waals surface area contributed by atoms with Gasteiger partial charge in [-0.3, -0.25) is 0 Å². The molecule has 4 heteroatoms. The van der Waals surface area contributed by atoms with Crippen LogP contribution in [0.1, 0.15) is 23.5 Å². The molecule has 670 valence electrons. The Hall–Kier alpha value is -18.1. The second kappa shape index (κ2) is 40.1. The molecule has 0 heterocycles. The zero-order chi connectivity index (χ0) is 99.3. The Labute approximate surface area is 831 Å². The summed E-state index contributed by atoms with van der Waals surface area (Å²) in [4.78, 5) is 6.30. The molecule has 0 bridgehead atoms. The number of halogens is 1. The van der Waals surface area contributed by atoms with E-state index >= 15 is 0 Å². The molecule has 0 aromatic heterocycles. The molecule has 24 rings (SSSR count). The molecule has 0 aliphatic rings. The molecule has 0 unspecified atom stereocenters. The van der Waals surface area contributed by atoms with E-state index in [0.29, 0.717) is 11.4 Å². The monoisotopic (exact) mass is 1810 g/mol. The fraction of sp³-hybridized carbons (Fsp3) is 0.0219. The van der Waals surface area contributed by atoms with Crippen LogP contribution in [0.4, 0.5) is 55.6 Å². The molecule has 0 spiro atoms. The van der Waals surface area contributed by atoms with Gasteiger partial charge in [-0.2, -0.15) is 0 Å². The van der Waals surface area contributed by atoms with E-state index in [-0.39, 0.29) is 35.7 Å². The lowest BCUT2D eigenvalue weighted by atomic mass is 9.93. The maximum atomic E-state index is 14.1. The predicted octanol–water partition coefficient (Wildman–Crippen LogP) is 39.0. The summed E-state index contributed by atoms with van der Waals surface area (Å²) in [6.45, 7) is 6.32. The lowest BCUT2D eigenvalue weighted by Crippen LogP contribution is -2.10. The van der Waals surface area contributed by atoms with E-state index in [1.54, 1.807) is 4.90 Å². The third-order valence-corrected chi connectivity index (χ3v) is 26.8. The Morgan fingerprint density at radius 3 is 0.738 bits per heavy atom. The van der Waals surface area contributed by atoms with Crippen LogP contribution < -0.4 is 14.7 Å². The van der Waals surface area contributed by atoms with Crippen molar-refractivity contribution in [3.63, 3.8) is 0 Å². The van der Waals surface area contributed by atoms with Gasteiger partial charge in [-0.05, 0) is 355 Å². The van der Waals surface area contributed by atoms with E-state index < -0.39 is 6.04 Å². The zero-order valence-electron chi connectivity index (χ0n) is 83.4. The van der Waals surface area contributed by atoms with Crippen LogP contribution in [0.5, 0.6) is 0 Å². The SMILES string of the molecule is Fc1ccc(N(c2ccc(-c3ccc4ccc(-c5ccccc5)cc4c3)cc2)c2ccc(-c3ccc4ccc(-c5ccccc5)cc4c3)cc2)cc1.[2H]c1c([2H])c([2H])c(N(c2ccc(-c3ccc4ccc(-c5ccccc5)cc4c3)cc2)c2ccc(-c3c(C)cc(C)cc3C)cc2)c([2H])c1[2H].c1ccc(-c2ccc3ccc(-c4ccc(N(c5ccccc5)c5ccc(-c6ccccc6)c6ccccc56)cc4)cc3c2)cc1. The highest BCUT2D eigenvalue weighted by atomic mass is 19.1. The highest BCUT2D eigenvalue weighted by molar-refractivity contribution is 6.07. The Balaban J connectivity index is 0.000000125. The highest BCUT2D eigenvalue weighted by Gasteiger charge is 2.22. The summed E-state index contributed by atoms with van der Waals surface area (Å²) in [5, 5.41) is 12.1. The lowest BCUT2D eigenvalue weighted by molar-refractivity contribution is 0.628. The van der Waals surface area contributed by atoms with Crippen molar-refractivity contribution < 1.29 is 11.2 Å². The van der Waals surface area contributed by atoms with Gasteiger partial charge in [0.05, 0.1) is 12.5 Å². The van der Waals surface area contributed by atoms with Gasteiger partial charge in [0.2, 0.25) is 0 Å².